The molecule has 6 aliphatic rings. The second kappa shape index (κ2) is 3.87. The van der Waals surface area contributed by atoms with Gasteiger partial charge in [-0.25, -0.2) is 0 Å². The van der Waals surface area contributed by atoms with Gasteiger partial charge in [0.05, 0.1) is 5.92 Å². The Morgan fingerprint density at radius 3 is 2.86 bits per heavy atom. The first kappa shape index (κ1) is 13.8. The number of carbonyl (C=O) groups is 1. The zero-order chi connectivity index (χ0) is 15.3. The largest absolute Gasteiger partial charge is 0.461 e. The third-order valence-corrected chi connectivity index (χ3v) is 7.47. The molecule has 5 aliphatic heterocycles. The van der Waals surface area contributed by atoms with E-state index in [2.05, 4.69) is 11.8 Å². The lowest BCUT2D eigenvalue weighted by Crippen LogP contribution is -2.91. The molecule has 0 aromatic carbocycles. The van der Waals surface area contributed by atoms with Crippen LogP contribution in [0.1, 0.15) is 46.0 Å². The summed E-state index contributed by atoms with van der Waals surface area (Å²) in [5.74, 6) is -0.173. The number of carbonyl (C=O) groups excluding carboxylic acids is 1. The lowest BCUT2D eigenvalue weighted by molar-refractivity contribution is -0.487. The van der Waals surface area contributed by atoms with Crippen LogP contribution in [0, 0.1) is 17.8 Å². The highest BCUT2D eigenvalue weighted by molar-refractivity contribution is 5.76. The Bertz CT molecular complexity index is 553. The summed E-state index contributed by atoms with van der Waals surface area (Å²) in [7, 11) is 0. The third kappa shape index (κ3) is 1.09. The average molecular weight is 307 g/mol. The first-order valence-electron chi connectivity index (χ1n) is 8.90. The van der Waals surface area contributed by atoms with Crippen molar-refractivity contribution >= 4 is 5.97 Å². The van der Waals surface area contributed by atoms with Crippen molar-refractivity contribution in [2.45, 2.75) is 69.0 Å². The van der Waals surface area contributed by atoms with Gasteiger partial charge < -0.3 is 14.6 Å². The van der Waals surface area contributed by atoms with Crippen LogP contribution >= 0.6 is 0 Å². The maximum absolute atomic E-state index is 12.2. The highest BCUT2D eigenvalue weighted by Crippen LogP contribution is 2.73. The Balaban J connectivity index is 1.71. The van der Waals surface area contributed by atoms with E-state index in [1.165, 1.54) is 0 Å². The molecule has 0 aromatic rings. The lowest BCUT2D eigenvalue weighted by atomic mass is 9.48. The minimum atomic E-state index is -0.888. The third-order valence-electron chi connectivity index (χ3n) is 7.47. The first-order chi connectivity index (χ1) is 10.5. The van der Waals surface area contributed by atoms with Crippen LogP contribution in [-0.4, -0.2) is 52.1 Å². The van der Waals surface area contributed by atoms with E-state index >= 15 is 0 Å². The van der Waals surface area contributed by atoms with Gasteiger partial charge in [-0.1, -0.05) is 13.8 Å². The summed E-state index contributed by atoms with van der Waals surface area (Å²) in [6.45, 7) is 5.90. The van der Waals surface area contributed by atoms with Crippen molar-refractivity contribution in [1.82, 2.24) is 4.90 Å². The molecule has 1 aliphatic carbocycles. The summed E-state index contributed by atoms with van der Waals surface area (Å²) < 4.78 is 12.4. The molecule has 2 spiro atoms. The fourth-order valence-electron chi connectivity index (χ4n) is 6.75. The summed E-state index contributed by atoms with van der Waals surface area (Å²) in [6.07, 6.45) is 4.71. The number of esters is 1. The lowest BCUT2D eigenvalue weighted by Gasteiger charge is -2.75. The number of nitrogens with zero attached hydrogens (tertiary/aromatic N) is 1. The highest BCUT2D eigenvalue weighted by atomic mass is 16.6. The Kier molecular flexibility index (Phi) is 2.42. The monoisotopic (exact) mass is 307 g/mol. The van der Waals surface area contributed by atoms with E-state index < -0.39 is 16.9 Å². The second-order valence-corrected chi connectivity index (χ2v) is 7.98. The minimum Gasteiger partial charge on any atom is -0.461 e. The number of hydrogen-bond donors (Lipinski definition) is 1. The summed E-state index contributed by atoms with van der Waals surface area (Å²) >= 11 is 0. The van der Waals surface area contributed by atoms with Crippen LogP contribution in [0.3, 0.4) is 0 Å². The number of rotatable bonds is 1. The molecule has 0 aromatic heterocycles. The molecule has 6 fully saturated rings. The summed E-state index contributed by atoms with van der Waals surface area (Å²) in [4.78, 5) is 14.5. The van der Waals surface area contributed by atoms with Gasteiger partial charge in [0, 0.05) is 24.9 Å². The molecule has 5 heteroatoms. The summed E-state index contributed by atoms with van der Waals surface area (Å²) in [5, 5.41) is 11.9. The van der Waals surface area contributed by atoms with Crippen LogP contribution in [0.15, 0.2) is 0 Å². The van der Waals surface area contributed by atoms with Gasteiger partial charge in [-0.15, -0.1) is 0 Å². The van der Waals surface area contributed by atoms with Crippen LogP contribution in [0.2, 0.25) is 0 Å². The van der Waals surface area contributed by atoms with Crippen LogP contribution in [0.5, 0.6) is 0 Å². The van der Waals surface area contributed by atoms with Crippen molar-refractivity contribution in [3.8, 4) is 0 Å². The number of hydrogen-bond acceptors (Lipinski definition) is 5. The SMILES string of the molecule is CCC1C2OC(=O)C(C)C2C23CCN4CCCCC1(O2)C43O. The van der Waals surface area contributed by atoms with Gasteiger partial charge in [0.15, 0.2) is 5.72 Å². The molecule has 22 heavy (non-hydrogen) atoms. The summed E-state index contributed by atoms with van der Waals surface area (Å²) in [6, 6.07) is 0. The van der Waals surface area contributed by atoms with Gasteiger partial charge >= 0.3 is 5.97 Å². The predicted octanol–water partition coefficient (Wildman–Crippen LogP) is 1.29. The van der Waals surface area contributed by atoms with E-state index in [0.29, 0.717) is 0 Å². The molecule has 0 amide bonds. The van der Waals surface area contributed by atoms with Crippen molar-refractivity contribution < 1.29 is 19.4 Å². The van der Waals surface area contributed by atoms with E-state index in [0.717, 1.165) is 45.2 Å². The number of ether oxygens (including phenoxy) is 2. The van der Waals surface area contributed by atoms with Gasteiger partial charge in [-0.3, -0.25) is 9.69 Å². The standard InChI is InChI=1S/C17H25NO4/c1-3-11-13-12(10(2)14(19)21-13)16-7-9-18-8-5-4-6-15(11,22-16)17(16,18)20/h10-13,20H,3-9H2,1-2H3. The molecule has 5 heterocycles. The molecule has 1 N–H and O–H groups in total. The molecule has 5 nitrogen and oxygen atoms in total. The molecule has 122 valence electrons. The van der Waals surface area contributed by atoms with Gasteiger partial charge in [0.25, 0.3) is 0 Å². The summed E-state index contributed by atoms with van der Waals surface area (Å²) in [5.41, 5.74) is -2.00. The van der Waals surface area contributed by atoms with E-state index in [-0.39, 0.29) is 29.8 Å². The van der Waals surface area contributed by atoms with E-state index in [1.807, 2.05) is 6.92 Å². The molecule has 2 bridgehead atoms. The average Bonchev–Trinajstić information content (AvgIpc) is 2.88. The van der Waals surface area contributed by atoms with E-state index in [4.69, 9.17) is 9.47 Å². The quantitative estimate of drug-likeness (QED) is 0.740. The van der Waals surface area contributed by atoms with Gasteiger partial charge in [0.2, 0.25) is 0 Å². The Morgan fingerprint density at radius 1 is 1.27 bits per heavy atom. The molecule has 1 saturated carbocycles. The van der Waals surface area contributed by atoms with Gasteiger partial charge in [-0.05, 0) is 32.1 Å². The molecule has 7 atom stereocenters. The van der Waals surface area contributed by atoms with Gasteiger partial charge in [-0.2, -0.15) is 0 Å². The van der Waals surface area contributed by atoms with Crippen molar-refractivity contribution in [2.24, 2.45) is 17.8 Å². The molecular weight excluding hydrogens is 282 g/mol. The zero-order valence-corrected chi connectivity index (χ0v) is 13.4. The maximum atomic E-state index is 12.2. The normalized spacial score (nSPS) is 59.3. The Morgan fingerprint density at radius 2 is 2.09 bits per heavy atom. The molecule has 0 radical (unpaired) electrons. The van der Waals surface area contributed by atoms with Crippen molar-refractivity contribution in [1.29, 1.82) is 0 Å². The fourth-order valence-corrected chi connectivity index (χ4v) is 6.75. The fraction of sp³-hybridized carbons (Fsp3) is 0.941. The number of aliphatic hydroxyl groups is 1. The van der Waals surface area contributed by atoms with Crippen molar-refractivity contribution in [3.63, 3.8) is 0 Å². The minimum absolute atomic E-state index is 0.0000694. The van der Waals surface area contributed by atoms with Crippen LogP contribution in [0.25, 0.3) is 0 Å². The molecule has 6 rings (SSSR count). The Hall–Kier alpha value is -0.650. The zero-order valence-electron chi connectivity index (χ0n) is 13.4. The first-order valence-corrected chi connectivity index (χ1v) is 8.90. The predicted molar refractivity (Wildman–Crippen MR) is 77.9 cm³/mol. The molecule has 7 unspecified atom stereocenters. The maximum Gasteiger partial charge on any atom is 0.309 e. The van der Waals surface area contributed by atoms with Crippen molar-refractivity contribution in [2.75, 3.05) is 13.1 Å². The molecular formula is C17H25NO4. The van der Waals surface area contributed by atoms with Crippen molar-refractivity contribution in [3.05, 3.63) is 0 Å². The smallest absolute Gasteiger partial charge is 0.309 e. The molecule has 5 saturated heterocycles. The van der Waals surface area contributed by atoms with Gasteiger partial charge in [0.1, 0.15) is 17.3 Å². The van der Waals surface area contributed by atoms with Crippen LogP contribution in [-0.2, 0) is 14.3 Å². The van der Waals surface area contributed by atoms with Crippen LogP contribution < -0.4 is 0 Å². The topological polar surface area (TPSA) is 59.0 Å². The highest BCUT2D eigenvalue weighted by Gasteiger charge is 2.89. The second-order valence-electron chi connectivity index (χ2n) is 7.98. The van der Waals surface area contributed by atoms with E-state index in [9.17, 15) is 9.90 Å². The van der Waals surface area contributed by atoms with Crippen LogP contribution in [0.4, 0.5) is 0 Å². The Labute approximate surface area is 130 Å². The van der Waals surface area contributed by atoms with E-state index in [1.54, 1.807) is 0 Å².